The van der Waals surface area contributed by atoms with E-state index in [-0.39, 0.29) is 6.61 Å². The van der Waals surface area contributed by atoms with Crippen LogP contribution >= 0.6 is 0 Å². The maximum Gasteiger partial charge on any atom is 0.177 e. The average Bonchev–Trinajstić information content (AvgIpc) is 2.83. The van der Waals surface area contributed by atoms with Crippen LogP contribution in [0.4, 0.5) is 0 Å². The third-order valence-corrected chi connectivity index (χ3v) is 2.83. The van der Waals surface area contributed by atoms with Crippen molar-refractivity contribution in [1.29, 1.82) is 0 Å². The Morgan fingerprint density at radius 2 is 1.94 bits per heavy atom. The fourth-order valence-corrected chi connectivity index (χ4v) is 1.93. The van der Waals surface area contributed by atoms with Crippen LogP contribution in [0.1, 0.15) is 0 Å². The molecular formula is C13H12N4O. The molecule has 0 aliphatic rings. The number of aromatic nitrogens is 4. The second-order valence-corrected chi connectivity index (χ2v) is 3.96. The van der Waals surface area contributed by atoms with E-state index < -0.39 is 0 Å². The highest BCUT2D eigenvalue weighted by Crippen LogP contribution is 2.21. The van der Waals surface area contributed by atoms with Gasteiger partial charge in [-0.05, 0) is 23.8 Å². The first-order valence-electron chi connectivity index (χ1n) is 5.70. The molecule has 18 heavy (non-hydrogen) atoms. The van der Waals surface area contributed by atoms with Crippen LogP contribution in [0.3, 0.4) is 0 Å². The molecular weight excluding hydrogens is 228 g/mol. The number of aliphatic hydroxyl groups excluding tert-OH is 1. The van der Waals surface area contributed by atoms with Crippen molar-refractivity contribution < 1.29 is 5.11 Å². The summed E-state index contributed by atoms with van der Waals surface area (Å²) in [4.78, 5) is 12.5. The molecule has 0 bridgehead atoms. The molecule has 0 radical (unpaired) electrons. The molecule has 0 aromatic carbocycles. The van der Waals surface area contributed by atoms with Gasteiger partial charge in [-0.1, -0.05) is 0 Å². The third kappa shape index (κ3) is 1.84. The summed E-state index contributed by atoms with van der Waals surface area (Å²) in [7, 11) is 0. The van der Waals surface area contributed by atoms with Crippen LogP contribution < -0.4 is 0 Å². The highest BCUT2D eigenvalue weighted by atomic mass is 16.3. The Labute approximate surface area is 104 Å². The fourth-order valence-electron chi connectivity index (χ4n) is 1.93. The summed E-state index contributed by atoms with van der Waals surface area (Å²) in [6.45, 7) is 0.614. The Hall–Kier alpha value is -2.27. The van der Waals surface area contributed by atoms with E-state index in [0.717, 1.165) is 16.6 Å². The monoisotopic (exact) mass is 240 g/mol. The van der Waals surface area contributed by atoms with Gasteiger partial charge in [-0.25, -0.2) is 9.97 Å². The fraction of sp³-hybridized carbons (Fsp3) is 0.154. The van der Waals surface area contributed by atoms with Crippen LogP contribution in [0.2, 0.25) is 0 Å². The first-order valence-corrected chi connectivity index (χ1v) is 5.70. The zero-order chi connectivity index (χ0) is 12.4. The number of hydrogen-bond acceptors (Lipinski definition) is 4. The zero-order valence-corrected chi connectivity index (χ0v) is 9.69. The van der Waals surface area contributed by atoms with Crippen LogP contribution in [-0.2, 0) is 6.54 Å². The number of nitrogens with zero attached hydrogens (tertiary/aromatic N) is 4. The predicted molar refractivity (Wildman–Crippen MR) is 67.8 cm³/mol. The average molecular weight is 240 g/mol. The summed E-state index contributed by atoms with van der Waals surface area (Å²) in [5.41, 5.74) is 3.71. The van der Waals surface area contributed by atoms with Gasteiger partial charge in [-0.3, -0.25) is 4.98 Å². The quantitative estimate of drug-likeness (QED) is 0.753. The summed E-state index contributed by atoms with van der Waals surface area (Å²) in [6.07, 6.45) is 7.01. The zero-order valence-electron chi connectivity index (χ0n) is 9.69. The van der Waals surface area contributed by atoms with E-state index in [1.54, 1.807) is 24.9 Å². The summed E-state index contributed by atoms with van der Waals surface area (Å²) in [6, 6.07) is 5.91. The third-order valence-electron chi connectivity index (χ3n) is 2.83. The van der Waals surface area contributed by atoms with E-state index in [4.69, 9.17) is 5.11 Å². The molecule has 0 unspecified atom stereocenters. The Bertz CT molecular complexity index is 663. The molecule has 0 amide bonds. The van der Waals surface area contributed by atoms with Crippen molar-refractivity contribution in [2.75, 3.05) is 6.61 Å². The standard InChI is InChI=1S/C13H12N4O/c18-6-5-17-9-16-13-12(17)7-11(8-15-13)10-1-3-14-4-2-10/h1-4,7-9,18H,5-6H2. The van der Waals surface area contributed by atoms with Gasteiger partial charge in [-0.15, -0.1) is 0 Å². The minimum atomic E-state index is 0.0882. The molecule has 5 heteroatoms. The number of imidazole rings is 1. The van der Waals surface area contributed by atoms with Crippen molar-refractivity contribution in [2.24, 2.45) is 0 Å². The van der Waals surface area contributed by atoms with E-state index in [9.17, 15) is 0 Å². The van der Waals surface area contributed by atoms with Gasteiger partial charge in [0.15, 0.2) is 5.65 Å². The molecule has 90 valence electrons. The molecule has 0 saturated heterocycles. The normalized spacial score (nSPS) is 10.9. The Morgan fingerprint density at radius 3 is 2.72 bits per heavy atom. The topological polar surface area (TPSA) is 63.8 Å². The van der Waals surface area contributed by atoms with Gasteiger partial charge in [-0.2, -0.15) is 0 Å². The minimum Gasteiger partial charge on any atom is -0.395 e. The molecule has 3 aromatic rings. The van der Waals surface area contributed by atoms with Crippen molar-refractivity contribution in [2.45, 2.75) is 6.54 Å². The Morgan fingerprint density at radius 1 is 1.11 bits per heavy atom. The molecule has 0 atom stereocenters. The number of pyridine rings is 2. The summed E-state index contributed by atoms with van der Waals surface area (Å²) < 4.78 is 1.90. The van der Waals surface area contributed by atoms with Crippen LogP contribution in [0.15, 0.2) is 43.1 Å². The van der Waals surface area contributed by atoms with Gasteiger partial charge in [0.2, 0.25) is 0 Å². The molecule has 3 aromatic heterocycles. The van der Waals surface area contributed by atoms with Crippen LogP contribution in [0, 0.1) is 0 Å². The van der Waals surface area contributed by atoms with E-state index in [0.29, 0.717) is 12.2 Å². The smallest absolute Gasteiger partial charge is 0.177 e. The van der Waals surface area contributed by atoms with Gasteiger partial charge >= 0.3 is 0 Å². The van der Waals surface area contributed by atoms with Crippen LogP contribution in [-0.4, -0.2) is 31.2 Å². The van der Waals surface area contributed by atoms with Gasteiger partial charge in [0, 0.05) is 30.7 Å². The Kier molecular flexibility index (Phi) is 2.74. The lowest BCUT2D eigenvalue weighted by Gasteiger charge is -2.03. The first-order chi connectivity index (χ1) is 8.88. The largest absolute Gasteiger partial charge is 0.395 e. The van der Waals surface area contributed by atoms with Crippen molar-refractivity contribution in [3.05, 3.63) is 43.1 Å². The van der Waals surface area contributed by atoms with Crippen molar-refractivity contribution in [3.8, 4) is 11.1 Å². The predicted octanol–water partition coefficient (Wildman–Crippen LogP) is 1.49. The second-order valence-electron chi connectivity index (χ2n) is 3.96. The van der Waals surface area contributed by atoms with Gasteiger partial charge < -0.3 is 9.67 Å². The van der Waals surface area contributed by atoms with Gasteiger partial charge in [0.1, 0.15) is 0 Å². The summed E-state index contributed by atoms with van der Waals surface area (Å²) in [5, 5.41) is 9.01. The molecule has 3 heterocycles. The SMILES string of the molecule is OCCn1cnc2ncc(-c3ccncc3)cc21. The number of fused-ring (bicyclic) bond motifs is 1. The molecule has 0 aliphatic heterocycles. The molecule has 5 nitrogen and oxygen atoms in total. The summed E-state index contributed by atoms with van der Waals surface area (Å²) >= 11 is 0. The molecule has 0 spiro atoms. The van der Waals surface area contributed by atoms with Gasteiger partial charge in [0.05, 0.1) is 18.5 Å². The van der Waals surface area contributed by atoms with Crippen LogP contribution in [0.5, 0.6) is 0 Å². The highest BCUT2D eigenvalue weighted by Gasteiger charge is 2.05. The second kappa shape index (κ2) is 4.54. The lowest BCUT2D eigenvalue weighted by Crippen LogP contribution is -2.00. The molecule has 0 saturated carbocycles. The van der Waals surface area contributed by atoms with E-state index >= 15 is 0 Å². The lowest BCUT2D eigenvalue weighted by molar-refractivity contribution is 0.278. The molecule has 0 aliphatic carbocycles. The Balaban J connectivity index is 2.12. The first kappa shape index (κ1) is 10.9. The van der Waals surface area contributed by atoms with Crippen LogP contribution in [0.25, 0.3) is 22.3 Å². The summed E-state index contributed by atoms with van der Waals surface area (Å²) in [5.74, 6) is 0. The van der Waals surface area contributed by atoms with Crippen molar-refractivity contribution in [3.63, 3.8) is 0 Å². The van der Waals surface area contributed by atoms with Crippen molar-refractivity contribution >= 4 is 11.2 Å². The maximum atomic E-state index is 9.01. The number of rotatable bonds is 3. The molecule has 3 rings (SSSR count). The molecule has 1 N–H and O–H groups in total. The number of hydrogen-bond donors (Lipinski definition) is 1. The maximum absolute atomic E-state index is 9.01. The van der Waals surface area contributed by atoms with Gasteiger partial charge in [0.25, 0.3) is 0 Å². The number of aliphatic hydroxyl groups is 1. The minimum absolute atomic E-state index is 0.0882. The van der Waals surface area contributed by atoms with Crippen molar-refractivity contribution in [1.82, 2.24) is 19.5 Å². The van der Waals surface area contributed by atoms with E-state index in [2.05, 4.69) is 15.0 Å². The lowest BCUT2D eigenvalue weighted by atomic mass is 10.1. The van der Waals surface area contributed by atoms with E-state index in [1.807, 2.05) is 22.8 Å². The molecule has 0 fully saturated rings. The van der Waals surface area contributed by atoms with E-state index in [1.165, 1.54) is 0 Å². The highest BCUT2D eigenvalue weighted by molar-refractivity contribution is 5.78.